The smallest absolute Gasteiger partial charge is 0.251 e. The number of nitrogens with zero attached hydrogens (tertiary/aromatic N) is 1. The number of unbranched alkanes of at least 4 members (excludes halogenated alkanes) is 1. The average Bonchev–Trinajstić information content (AvgIpc) is 3.28. The summed E-state index contributed by atoms with van der Waals surface area (Å²) in [5.41, 5.74) is 6.33. The van der Waals surface area contributed by atoms with E-state index in [1.807, 2.05) is 26.0 Å². The van der Waals surface area contributed by atoms with Gasteiger partial charge in [0.25, 0.3) is 5.91 Å². The Morgan fingerprint density at radius 2 is 2.02 bits per heavy atom. The Morgan fingerprint density at radius 3 is 2.70 bits per heavy atom. The lowest BCUT2D eigenvalue weighted by molar-refractivity contribution is -0.136. The van der Waals surface area contributed by atoms with E-state index in [0.717, 1.165) is 25.7 Å². The summed E-state index contributed by atoms with van der Waals surface area (Å²) in [7, 11) is 1.45. The Hall–Kier alpha value is -3.50. The average molecular weight is 557 g/mol. The van der Waals surface area contributed by atoms with E-state index in [1.165, 1.54) is 18.1 Å². The summed E-state index contributed by atoms with van der Waals surface area (Å²) in [4.78, 5) is 28.4. The highest BCUT2D eigenvalue weighted by Gasteiger charge is 2.36. The van der Waals surface area contributed by atoms with Crippen molar-refractivity contribution >= 4 is 11.8 Å². The van der Waals surface area contributed by atoms with Gasteiger partial charge in [0.15, 0.2) is 11.5 Å². The quantitative estimate of drug-likeness (QED) is 0.256. The van der Waals surface area contributed by atoms with Gasteiger partial charge in [-0.1, -0.05) is 25.5 Å². The fraction of sp³-hybridized carbons (Fsp3) is 0.533. The number of hydrogen-bond donors (Lipinski definition) is 4. The summed E-state index contributed by atoms with van der Waals surface area (Å²) in [5, 5.41) is 16.6. The normalized spacial score (nSPS) is 17.6. The molecular weight excluding hydrogens is 512 g/mol. The van der Waals surface area contributed by atoms with E-state index in [0.29, 0.717) is 37.6 Å². The van der Waals surface area contributed by atoms with E-state index >= 15 is 0 Å². The van der Waals surface area contributed by atoms with Crippen LogP contribution < -0.4 is 25.8 Å². The maximum atomic E-state index is 13.7. The molecule has 2 aliphatic heterocycles. The summed E-state index contributed by atoms with van der Waals surface area (Å²) in [6.07, 6.45) is 10.8. The molecule has 1 fully saturated rings. The van der Waals surface area contributed by atoms with Gasteiger partial charge >= 0.3 is 0 Å². The van der Waals surface area contributed by atoms with Crippen LogP contribution in [0.1, 0.15) is 52.9 Å². The fourth-order valence-electron chi connectivity index (χ4n) is 4.56. The van der Waals surface area contributed by atoms with Crippen molar-refractivity contribution in [2.45, 2.75) is 64.5 Å². The van der Waals surface area contributed by atoms with Crippen LogP contribution in [0.4, 0.5) is 0 Å². The number of hydrogen-bond acceptors (Lipinski definition) is 8. The number of methoxy groups -OCH3 is 1. The molecule has 0 aromatic heterocycles. The Balaban J connectivity index is 1.76. The molecule has 1 aromatic rings. The van der Waals surface area contributed by atoms with Gasteiger partial charge in [-0.3, -0.25) is 9.59 Å². The molecule has 0 bridgehead atoms. The van der Waals surface area contributed by atoms with Gasteiger partial charge in [-0.05, 0) is 69.9 Å². The molecule has 0 aliphatic carbocycles. The second kappa shape index (κ2) is 14.8. The molecule has 10 heteroatoms. The molecule has 10 nitrogen and oxygen atoms in total. The van der Waals surface area contributed by atoms with E-state index in [-0.39, 0.29) is 47.1 Å². The molecule has 2 amide bonds. The number of aromatic hydroxyl groups is 1. The molecule has 3 rings (SSSR count). The van der Waals surface area contributed by atoms with Crippen LogP contribution in [0, 0.1) is 5.92 Å². The third kappa shape index (κ3) is 9.31. The first kappa shape index (κ1) is 31.0. The number of carbonyl (C=O) groups excluding carboxylic acids is 2. The summed E-state index contributed by atoms with van der Waals surface area (Å²) >= 11 is 0. The van der Waals surface area contributed by atoms with Crippen molar-refractivity contribution in [1.82, 2.24) is 15.5 Å². The highest BCUT2D eigenvalue weighted by Crippen LogP contribution is 2.37. The van der Waals surface area contributed by atoms with Crippen molar-refractivity contribution < 1.29 is 28.9 Å². The molecule has 220 valence electrons. The molecule has 1 unspecified atom stereocenters. The molecule has 2 heterocycles. The first-order valence-electron chi connectivity index (χ1n) is 13.9. The van der Waals surface area contributed by atoms with Crippen molar-refractivity contribution in [3.05, 3.63) is 54.1 Å². The lowest BCUT2D eigenvalue weighted by atomic mass is 9.91. The maximum absolute atomic E-state index is 13.7. The van der Waals surface area contributed by atoms with Gasteiger partial charge < -0.3 is 40.6 Å². The Morgan fingerprint density at radius 1 is 1.30 bits per heavy atom. The monoisotopic (exact) mass is 556 g/mol. The molecule has 0 saturated carbocycles. The zero-order valence-corrected chi connectivity index (χ0v) is 24.1. The summed E-state index contributed by atoms with van der Waals surface area (Å²) in [6, 6.07) is 4.18. The zero-order valence-electron chi connectivity index (χ0n) is 24.1. The van der Waals surface area contributed by atoms with Gasteiger partial charge in [-0.15, -0.1) is 0 Å². The maximum Gasteiger partial charge on any atom is 0.251 e. The summed E-state index contributed by atoms with van der Waals surface area (Å²) in [5.74, 6) is 0.299. The number of para-hydroxylation sites is 1. The van der Waals surface area contributed by atoms with Gasteiger partial charge in [0, 0.05) is 37.1 Å². The van der Waals surface area contributed by atoms with Crippen LogP contribution in [0.5, 0.6) is 17.2 Å². The second-order valence-electron chi connectivity index (χ2n) is 10.9. The molecule has 0 radical (unpaired) electrons. The number of nitrogens with two attached hydrogens (primary N) is 1. The van der Waals surface area contributed by atoms with Gasteiger partial charge in [0.05, 0.1) is 13.7 Å². The number of rotatable bonds is 14. The van der Waals surface area contributed by atoms with Crippen molar-refractivity contribution in [2.24, 2.45) is 11.7 Å². The van der Waals surface area contributed by atoms with Crippen LogP contribution in [0.2, 0.25) is 0 Å². The molecule has 1 atom stereocenters. The second-order valence-corrected chi connectivity index (χ2v) is 10.9. The minimum Gasteiger partial charge on any atom is -0.502 e. The first-order valence-corrected chi connectivity index (χ1v) is 13.9. The highest BCUT2D eigenvalue weighted by molar-refractivity contribution is 5.96. The number of allylic oxidation sites excluding steroid dienone is 2. The lowest BCUT2D eigenvalue weighted by Gasteiger charge is -2.32. The number of nitrogens with one attached hydrogen (secondary N) is 2. The number of amides is 2. The van der Waals surface area contributed by atoms with Crippen LogP contribution in [0.3, 0.4) is 0 Å². The van der Waals surface area contributed by atoms with E-state index in [1.54, 1.807) is 24.4 Å². The molecule has 40 heavy (non-hydrogen) atoms. The van der Waals surface area contributed by atoms with Gasteiger partial charge in [-0.2, -0.15) is 0 Å². The van der Waals surface area contributed by atoms with Crippen molar-refractivity contribution in [3.8, 4) is 17.2 Å². The topological polar surface area (TPSA) is 135 Å². The standard InChI is InChI=1S/C30H44N4O6/c1-5-6-8-22(11-14-32-20-30(2,3)31)33-29(37)24(17-21-12-15-39-16-13-21)34-19-23(18-27(34)35)40-26-10-7-9-25(38-4)28(26)36/h7-11,14,18,21,24,32,36H,5-6,12-13,15-17,19-20,31H2,1-4H3,(H,33,37)/b14-11-,22-8-. The third-order valence-electron chi connectivity index (χ3n) is 6.75. The molecule has 0 spiro atoms. The predicted octanol–water partition coefficient (Wildman–Crippen LogP) is 3.33. The zero-order chi connectivity index (χ0) is 29.1. The molecule has 5 N–H and O–H groups in total. The number of phenolic OH excluding ortho intramolecular Hbond substituents is 1. The SMILES string of the molecule is CCC/C=C(/C=C\NCC(C)(C)N)NC(=O)C(CC1CCOCC1)N1CC(Oc2cccc(OC)c2O)=CC1=O. The highest BCUT2D eigenvalue weighted by atomic mass is 16.5. The van der Waals surface area contributed by atoms with Crippen LogP contribution in [-0.2, 0) is 14.3 Å². The molecular formula is C30H44N4O6. The number of ether oxygens (including phenoxy) is 3. The minimum absolute atomic E-state index is 0.105. The van der Waals surface area contributed by atoms with Crippen molar-refractivity contribution in [1.29, 1.82) is 0 Å². The van der Waals surface area contributed by atoms with Crippen LogP contribution in [0.25, 0.3) is 0 Å². The van der Waals surface area contributed by atoms with Crippen LogP contribution >= 0.6 is 0 Å². The lowest BCUT2D eigenvalue weighted by Crippen LogP contribution is -2.49. The number of phenols is 1. The predicted molar refractivity (Wildman–Crippen MR) is 154 cm³/mol. The van der Waals surface area contributed by atoms with Crippen molar-refractivity contribution in [3.63, 3.8) is 0 Å². The summed E-state index contributed by atoms with van der Waals surface area (Å²) < 4.78 is 16.5. The van der Waals surface area contributed by atoms with E-state index in [2.05, 4.69) is 17.6 Å². The number of benzene rings is 1. The Labute approximate surface area is 237 Å². The molecule has 2 aliphatic rings. The number of carbonyl (C=O) groups is 2. The summed E-state index contributed by atoms with van der Waals surface area (Å²) in [6.45, 7) is 7.89. The van der Waals surface area contributed by atoms with E-state index < -0.39 is 6.04 Å². The van der Waals surface area contributed by atoms with E-state index in [9.17, 15) is 14.7 Å². The van der Waals surface area contributed by atoms with E-state index in [4.69, 9.17) is 19.9 Å². The largest absolute Gasteiger partial charge is 0.502 e. The van der Waals surface area contributed by atoms with Gasteiger partial charge in [-0.25, -0.2) is 0 Å². The Bertz CT molecular complexity index is 1100. The van der Waals surface area contributed by atoms with Crippen LogP contribution in [-0.4, -0.2) is 66.8 Å². The first-order chi connectivity index (χ1) is 19.1. The fourth-order valence-corrected chi connectivity index (χ4v) is 4.56. The van der Waals surface area contributed by atoms with Gasteiger partial charge in [0.2, 0.25) is 11.7 Å². The molecule has 1 saturated heterocycles. The van der Waals surface area contributed by atoms with Crippen LogP contribution in [0.15, 0.2) is 54.1 Å². The van der Waals surface area contributed by atoms with Gasteiger partial charge in [0.1, 0.15) is 11.8 Å². The third-order valence-corrected chi connectivity index (χ3v) is 6.75. The molecule has 1 aromatic carbocycles. The minimum atomic E-state index is -0.707. The Kier molecular flexibility index (Phi) is 11.5. The van der Waals surface area contributed by atoms with Crippen molar-refractivity contribution in [2.75, 3.05) is 33.4 Å².